The molecule has 10 heteroatoms. The van der Waals surface area contributed by atoms with Crippen molar-refractivity contribution < 1.29 is 18.0 Å². The number of nitrogen functional groups attached to an aromatic ring is 1. The van der Waals surface area contributed by atoms with Gasteiger partial charge in [0.25, 0.3) is 5.91 Å². The summed E-state index contributed by atoms with van der Waals surface area (Å²) < 4.78 is 40.7. The van der Waals surface area contributed by atoms with Crippen LogP contribution in [0.15, 0.2) is 91.1 Å². The molecule has 0 fully saturated rings. The third-order valence-corrected chi connectivity index (χ3v) is 5.79. The van der Waals surface area contributed by atoms with E-state index in [4.69, 9.17) is 5.73 Å². The molecule has 0 saturated carbocycles. The second-order valence-electron chi connectivity index (χ2n) is 8.52. The van der Waals surface area contributed by atoms with Crippen molar-refractivity contribution in [2.24, 2.45) is 0 Å². The minimum Gasteiger partial charge on any atom is -0.384 e. The molecule has 5 rings (SSSR count). The summed E-state index contributed by atoms with van der Waals surface area (Å²) in [5.74, 6) is 0.578. The van der Waals surface area contributed by atoms with Crippen LogP contribution in [0.2, 0.25) is 0 Å². The molecule has 190 valence electrons. The topological polar surface area (TPSA) is 98.7 Å². The van der Waals surface area contributed by atoms with Gasteiger partial charge in [-0.25, -0.2) is 14.6 Å². The van der Waals surface area contributed by atoms with Gasteiger partial charge in [0.05, 0.1) is 22.6 Å². The maximum Gasteiger partial charge on any atom is 0.416 e. The fourth-order valence-corrected chi connectivity index (χ4v) is 3.93. The highest BCUT2D eigenvalue weighted by Gasteiger charge is 2.30. The van der Waals surface area contributed by atoms with E-state index in [0.29, 0.717) is 34.0 Å². The molecule has 0 aliphatic heterocycles. The van der Waals surface area contributed by atoms with Crippen molar-refractivity contribution in [2.45, 2.75) is 13.1 Å². The first-order chi connectivity index (χ1) is 18.2. The van der Waals surface area contributed by atoms with E-state index in [1.165, 1.54) is 22.9 Å². The maximum absolute atomic E-state index is 13.1. The minimum absolute atomic E-state index is 0.242. The lowest BCUT2D eigenvalue weighted by Gasteiger charge is -2.09. The van der Waals surface area contributed by atoms with Crippen LogP contribution in [0.4, 0.5) is 24.7 Å². The fourth-order valence-electron chi connectivity index (χ4n) is 3.93. The van der Waals surface area contributed by atoms with Crippen molar-refractivity contribution in [2.75, 3.05) is 11.1 Å². The van der Waals surface area contributed by atoms with Crippen LogP contribution in [0.1, 0.15) is 21.7 Å². The molecule has 7 nitrogen and oxygen atoms in total. The van der Waals surface area contributed by atoms with E-state index in [1.807, 2.05) is 25.1 Å². The summed E-state index contributed by atoms with van der Waals surface area (Å²) in [6.07, 6.45) is -2.78. The van der Waals surface area contributed by atoms with Gasteiger partial charge in [-0.15, -0.1) is 0 Å². The molecule has 0 saturated heterocycles. The summed E-state index contributed by atoms with van der Waals surface area (Å²) in [6, 6.07) is 22.1. The van der Waals surface area contributed by atoms with Gasteiger partial charge in [-0.3, -0.25) is 4.79 Å². The summed E-state index contributed by atoms with van der Waals surface area (Å²) >= 11 is 0. The number of benzene rings is 3. The van der Waals surface area contributed by atoms with E-state index in [-0.39, 0.29) is 11.7 Å². The monoisotopic (exact) mass is 514 g/mol. The number of rotatable bonds is 5. The van der Waals surface area contributed by atoms with Gasteiger partial charge >= 0.3 is 6.18 Å². The van der Waals surface area contributed by atoms with E-state index < -0.39 is 11.7 Å². The van der Waals surface area contributed by atoms with Gasteiger partial charge < -0.3 is 11.1 Å². The molecule has 3 N–H and O–H groups in total. The Morgan fingerprint density at radius 3 is 2.32 bits per heavy atom. The summed E-state index contributed by atoms with van der Waals surface area (Å²) in [7, 11) is 0. The van der Waals surface area contributed by atoms with Gasteiger partial charge in [-0.05, 0) is 61.5 Å². The first-order valence-corrected chi connectivity index (χ1v) is 11.5. The predicted octanol–water partition coefficient (Wildman–Crippen LogP) is 6.16. The number of amides is 1. The average molecular weight is 515 g/mol. The molecule has 2 aromatic heterocycles. The normalized spacial score (nSPS) is 11.4. The molecule has 0 spiro atoms. The Kier molecular flexibility index (Phi) is 6.38. The van der Waals surface area contributed by atoms with Gasteiger partial charge in [-0.1, -0.05) is 24.3 Å². The summed E-state index contributed by atoms with van der Waals surface area (Å²) in [5.41, 5.74) is 9.08. The zero-order chi connectivity index (χ0) is 26.9. The molecule has 0 atom stereocenters. The summed E-state index contributed by atoms with van der Waals surface area (Å²) in [5, 5.41) is 7.25. The van der Waals surface area contributed by atoms with Crippen LogP contribution in [0.25, 0.3) is 28.2 Å². The number of aromatic nitrogens is 4. The number of nitrogens with two attached hydrogens (primary N) is 1. The Bertz CT molecular complexity index is 1630. The first kappa shape index (κ1) is 24.7. The van der Waals surface area contributed by atoms with Crippen molar-refractivity contribution >= 4 is 17.4 Å². The van der Waals surface area contributed by atoms with E-state index >= 15 is 0 Å². The summed E-state index contributed by atoms with van der Waals surface area (Å²) in [6.45, 7) is 1.81. The Hall–Kier alpha value is -4.99. The number of hydrogen-bond acceptors (Lipinski definition) is 5. The van der Waals surface area contributed by atoms with Crippen LogP contribution in [0, 0.1) is 6.92 Å². The van der Waals surface area contributed by atoms with Crippen molar-refractivity contribution in [3.8, 4) is 28.2 Å². The predicted molar refractivity (Wildman–Crippen MR) is 139 cm³/mol. The van der Waals surface area contributed by atoms with Gasteiger partial charge in [-0.2, -0.15) is 18.3 Å². The molecular formula is C28H21F3N6O. The Balaban J connectivity index is 1.33. The van der Waals surface area contributed by atoms with Crippen molar-refractivity contribution in [3.05, 3.63) is 108 Å². The Morgan fingerprint density at radius 2 is 1.61 bits per heavy atom. The van der Waals surface area contributed by atoms with Crippen molar-refractivity contribution in [3.63, 3.8) is 0 Å². The quantitative estimate of drug-likeness (QED) is 0.293. The Morgan fingerprint density at radius 1 is 0.895 bits per heavy atom. The number of hydrogen-bond donors (Lipinski definition) is 2. The largest absolute Gasteiger partial charge is 0.416 e. The highest BCUT2D eigenvalue weighted by atomic mass is 19.4. The SMILES string of the molecule is Cc1nccc(-c2cccc(NC(=O)c3ccc(-n4nc(-c5cccc(C(F)(F)F)c5)cc4N)cc3)c2)n1. The number of nitrogens with one attached hydrogen (secondary N) is 1. The van der Waals surface area contributed by atoms with Gasteiger partial charge in [0, 0.05) is 34.6 Å². The fraction of sp³-hybridized carbons (Fsp3) is 0.0714. The lowest BCUT2D eigenvalue weighted by atomic mass is 10.1. The number of anilines is 2. The van der Waals surface area contributed by atoms with E-state index in [1.54, 1.807) is 42.6 Å². The molecule has 38 heavy (non-hydrogen) atoms. The van der Waals surface area contributed by atoms with Crippen LogP contribution < -0.4 is 11.1 Å². The van der Waals surface area contributed by atoms with Crippen molar-refractivity contribution in [1.29, 1.82) is 0 Å². The number of carbonyl (C=O) groups is 1. The molecule has 2 heterocycles. The molecule has 1 amide bonds. The second-order valence-corrected chi connectivity index (χ2v) is 8.52. The summed E-state index contributed by atoms with van der Waals surface area (Å²) in [4.78, 5) is 21.4. The second kappa shape index (κ2) is 9.81. The lowest BCUT2D eigenvalue weighted by molar-refractivity contribution is -0.137. The molecular weight excluding hydrogens is 493 g/mol. The van der Waals surface area contributed by atoms with Gasteiger partial charge in [0.15, 0.2) is 0 Å². The smallest absolute Gasteiger partial charge is 0.384 e. The molecule has 0 aliphatic rings. The average Bonchev–Trinajstić information content (AvgIpc) is 3.30. The number of alkyl halides is 3. The molecule has 0 bridgehead atoms. The maximum atomic E-state index is 13.1. The third kappa shape index (κ3) is 5.24. The zero-order valence-corrected chi connectivity index (χ0v) is 20.1. The number of halogens is 3. The molecule has 0 unspecified atom stereocenters. The molecule has 0 aliphatic carbocycles. The van der Waals surface area contributed by atoms with Crippen LogP contribution in [-0.2, 0) is 6.18 Å². The zero-order valence-electron chi connectivity index (χ0n) is 20.1. The molecule has 0 radical (unpaired) electrons. The standard InChI is InChI=1S/C28H21F3N6O/c1-17-33-13-12-24(34-17)20-5-3-7-22(15-20)35-27(38)18-8-10-23(11-9-18)37-26(32)16-25(36-37)19-4-2-6-21(14-19)28(29,30)31/h2-16H,32H2,1H3,(H,35,38). The van der Waals surface area contributed by atoms with Crippen LogP contribution >= 0.6 is 0 Å². The lowest BCUT2D eigenvalue weighted by Crippen LogP contribution is -2.12. The number of carbonyl (C=O) groups excluding carboxylic acids is 1. The molecule has 5 aromatic rings. The first-order valence-electron chi connectivity index (χ1n) is 11.5. The van der Waals surface area contributed by atoms with Gasteiger partial charge in [0.1, 0.15) is 11.6 Å². The van der Waals surface area contributed by atoms with E-state index in [9.17, 15) is 18.0 Å². The van der Waals surface area contributed by atoms with Crippen LogP contribution in [0.3, 0.4) is 0 Å². The van der Waals surface area contributed by atoms with E-state index in [0.717, 1.165) is 23.4 Å². The number of aryl methyl sites for hydroxylation is 1. The molecule has 3 aromatic carbocycles. The van der Waals surface area contributed by atoms with Crippen molar-refractivity contribution in [1.82, 2.24) is 19.7 Å². The highest BCUT2D eigenvalue weighted by molar-refractivity contribution is 6.04. The Labute approximate surface area is 215 Å². The highest BCUT2D eigenvalue weighted by Crippen LogP contribution is 2.32. The van der Waals surface area contributed by atoms with Gasteiger partial charge in [0.2, 0.25) is 0 Å². The van der Waals surface area contributed by atoms with Crippen LogP contribution in [-0.4, -0.2) is 25.7 Å². The number of nitrogens with zero attached hydrogens (tertiary/aromatic N) is 4. The van der Waals surface area contributed by atoms with Crippen LogP contribution in [0.5, 0.6) is 0 Å². The third-order valence-electron chi connectivity index (χ3n) is 5.79. The van der Waals surface area contributed by atoms with E-state index in [2.05, 4.69) is 20.4 Å². The minimum atomic E-state index is -4.46.